The molecule has 2 aromatic heterocycles. The third-order valence-electron chi connectivity index (χ3n) is 4.83. The number of nitrogens with zero attached hydrogens (tertiary/aromatic N) is 2. The van der Waals surface area contributed by atoms with E-state index in [-0.39, 0.29) is 18.0 Å². The molecule has 30 heavy (non-hydrogen) atoms. The maximum atomic E-state index is 14.6. The van der Waals surface area contributed by atoms with Crippen molar-refractivity contribution in [3.63, 3.8) is 0 Å². The Morgan fingerprint density at radius 3 is 2.67 bits per heavy atom. The maximum Gasteiger partial charge on any atom is 0.294 e. The van der Waals surface area contributed by atoms with Gasteiger partial charge in [-0.2, -0.15) is 0 Å². The number of halogens is 2. The van der Waals surface area contributed by atoms with E-state index in [1.807, 2.05) is 0 Å². The largest absolute Gasteiger partial charge is 0.497 e. The molecule has 0 unspecified atom stereocenters. The summed E-state index contributed by atoms with van der Waals surface area (Å²) in [6.07, 6.45) is 1.58. The second-order valence-electron chi connectivity index (χ2n) is 6.73. The second-order valence-corrected chi connectivity index (χ2v) is 6.73. The second kappa shape index (κ2) is 7.94. The van der Waals surface area contributed by atoms with Crippen LogP contribution in [0.1, 0.15) is 21.8 Å². The lowest BCUT2D eigenvalue weighted by molar-refractivity contribution is 0.0958. The van der Waals surface area contributed by atoms with Crippen LogP contribution in [0, 0.1) is 18.6 Å². The van der Waals surface area contributed by atoms with Crippen LogP contribution in [0.15, 0.2) is 65.2 Å². The van der Waals surface area contributed by atoms with E-state index in [0.29, 0.717) is 22.6 Å². The third kappa shape index (κ3) is 3.61. The molecule has 0 aliphatic carbocycles. The van der Waals surface area contributed by atoms with Gasteiger partial charge >= 0.3 is 0 Å². The molecule has 4 rings (SSSR count). The summed E-state index contributed by atoms with van der Waals surface area (Å²) in [5.41, 5.74) is 1.59. The van der Waals surface area contributed by atoms with E-state index in [4.69, 9.17) is 9.15 Å². The van der Waals surface area contributed by atoms with Crippen LogP contribution in [-0.4, -0.2) is 18.0 Å². The van der Waals surface area contributed by atoms with Crippen LogP contribution in [0.25, 0.3) is 11.0 Å². The number of carbonyl (C=O) groups excluding carboxylic acids is 1. The number of hydrogen-bond acceptors (Lipinski definition) is 4. The van der Waals surface area contributed by atoms with Gasteiger partial charge in [-0.3, -0.25) is 14.7 Å². The molecule has 0 fully saturated rings. The highest BCUT2D eigenvalue weighted by Crippen LogP contribution is 2.31. The van der Waals surface area contributed by atoms with Crippen molar-refractivity contribution >= 4 is 22.6 Å². The molecule has 7 heteroatoms. The normalized spacial score (nSPS) is 10.9. The van der Waals surface area contributed by atoms with Gasteiger partial charge in [-0.15, -0.1) is 0 Å². The Kier molecular flexibility index (Phi) is 5.18. The van der Waals surface area contributed by atoms with Crippen molar-refractivity contribution in [1.29, 1.82) is 0 Å². The molecule has 5 nitrogen and oxygen atoms in total. The molecular formula is C23H18F2N2O3. The molecule has 152 valence electrons. The highest BCUT2D eigenvalue weighted by molar-refractivity contribution is 6.08. The first-order valence-electron chi connectivity index (χ1n) is 9.22. The third-order valence-corrected chi connectivity index (χ3v) is 4.83. The summed E-state index contributed by atoms with van der Waals surface area (Å²) < 4.78 is 39.1. The molecule has 0 bridgehead atoms. The molecule has 4 aromatic rings. The average Bonchev–Trinajstić information content (AvgIpc) is 3.08. The number of fused-ring (bicyclic) bond motifs is 1. The Morgan fingerprint density at radius 1 is 1.13 bits per heavy atom. The van der Waals surface area contributed by atoms with Crippen molar-refractivity contribution in [2.24, 2.45) is 0 Å². The van der Waals surface area contributed by atoms with Crippen LogP contribution in [-0.2, 0) is 6.54 Å². The van der Waals surface area contributed by atoms with Crippen molar-refractivity contribution < 1.29 is 22.7 Å². The number of anilines is 1. The molecule has 0 aliphatic rings. The lowest BCUT2D eigenvalue weighted by Crippen LogP contribution is -2.31. The van der Waals surface area contributed by atoms with Gasteiger partial charge in [0.2, 0.25) is 0 Å². The number of aromatic nitrogens is 1. The maximum absolute atomic E-state index is 14.6. The van der Waals surface area contributed by atoms with Crippen molar-refractivity contribution in [2.75, 3.05) is 12.0 Å². The molecule has 2 aromatic carbocycles. The van der Waals surface area contributed by atoms with Gasteiger partial charge in [0.05, 0.1) is 25.0 Å². The smallest absolute Gasteiger partial charge is 0.294 e. The van der Waals surface area contributed by atoms with Gasteiger partial charge in [-0.05, 0) is 49.4 Å². The molecule has 0 N–H and O–H groups in total. The van der Waals surface area contributed by atoms with Crippen LogP contribution in [0.4, 0.5) is 14.5 Å². The van der Waals surface area contributed by atoms with Gasteiger partial charge in [-0.25, -0.2) is 8.78 Å². The summed E-state index contributed by atoms with van der Waals surface area (Å²) in [7, 11) is 1.55. The quantitative estimate of drug-likeness (QED) is 0.451. The van der Waals surface area contributed by atoms with Gasteiger partial charge in [0.15, 0.2) is 5.76 Å². The molecular weight excluding hydrogens is 390 g/mol. The Morgan fingerprint density at radius 2 is 1.97 bits per heavy atom. The van der Waals surface area contributed by atoms with Crippen LogP contribution in [0.5, 0.6) is 5.75 Å². The number of aryl methyl sites for hydroxylation is 1. The zero-order valence-corrected chi connectivity index (χ0v) is 16.4. The van der Waals surface area contributed by atoms with Crippen molar-refractivity contribution in [1.82, 2.24) is 4.98 Å². The van der Waals surface area contributed by atoms with Gasteiger partial charge in [0, 0.05) is 23.2 Å². The summed E-state index contributed by atoms with van der Waals surface area (Å²) in [6, 6.07) is 13.5. The number of ether oxygens (including phenoxy) is 1. The Hall–Kier alpha value is -3.74. The Bertz CT molecular complexity index is 1220. The molecule has 0 spiro atoms. The van der Waals surface area contributed by atoms with E-state index in [1.54, 1.807) is 56.6 Å². The van der Waals surface area contributed by atoms with Gasteiger partial charge in [-0.1, -0.05) is 6.07 Å². The van der Waals surface area contributed by atoms with E-state index < -0.39 is 17.5 Å². The van der Waals surface area contributed by atoms with E-state index in [9.17, 15) is 13.6 Å². The number of pyridine rings is 1. The average molecular weight is 408 g/mol. The SMILES string of the molecule is COc1ccc2oc(C(=O)N(Cc3ccccn3)c3ccc(F)cc3F)c(C)c2c1. The topological polar surface area (TPSA) is 55.6 Å². The van der Waals surface area contributed by atoms with Crippen molar-refractivity contribution in [2.45, 2.75) is 13.5 Å². The van der Waals surface area contributed by atoms with Crippen molar-refractivity contribution in [3.05, 3.63) is 89.4 Å². The molecule has 0 saturated carbocycles. The lowest BCUT2D eigenvalue weighted by Gasteiger charge is -2.22. The number of amides is 1. The summed E-state index contributed by atoms with van der Waals surface area (Å²) in [5, 5.41) is 0.718. The number of furan rings is 1. The monoisotopic (exact) mass is 408 g/mol. The predicted molar refractivity (Wildman–Crippen MR) is 109 cm³/mol. The van der Waals surface area contributed by atoms with Crippen LogP contribution in [0.3, 0.4) is 0 Å². The number of hydrogen-bond donors (Lipinski definition) is 0. The first-order valence-corrected chi connectivity index (χ1v) is 9.22. The lowest BCUT2D eigenvalue weighted by atomic mass is 10.1. The first kappa shape index (κ1) is 19.6. The summed E-state index contributed by atoms with van der Waals surface area (Å²) in [6.45, 7) is 1.74. The van der Waals surface area contributed by atoms with Crippen LogP contribution >= 0.6 is 0 Å². The van der Waals surface area contributed by atoms with Gasteiger partial charge in [0.25, 0.3) is 5.91 Å². The summed E-state index contributed by atoms with van der Waals surface area (Å²) in [4.78, 5) is 18.9. The van der Waals surface area contributed by atoms with E-state index in [0.717, 1.165) is 17.5 Å². The summed E-state index contributed by atoms with van der Waals surface area (Å²) in [5.74, 6) is -1.44. The molecule has 0 atom stereocenters. The fraction of sp³-hybridized carbons (Fsp3) is 0.130. The first-order chi connectivity index (χ1) is 14.5. The van der Waals surface area contributed by atoms with E-state index >= 15 is 0 Å². The van der Waals surface area contributed by atoms with Gasteiger partial charge in [0.1, 0.15) is 23.0 Å². The zero-order valence-electron chi connectivity index (χ0n) is 16.4. The highest BCUT2D eigenvalue weighted by Gasteiger charge is 2.27. The molecule has 0 saturated heterocycles. The fourth-order valence-corrected chi connectivity index (χ4v) is 3.27. The Balaban J connectivity index is 1.81. The number of carbonyl (C=O) groups is 1. The minimum atomic E-state index is -0.852. The van der Waals surface area contributed by atoms with Crippen molar-refractivity contribution in [3.8, 4) is 5.75 Å². The standard InChI is InChI=1S/C23H18F2N2O3/c1-14-18-12-17(29-2)7-9-21(18)30-22(14)23(28)27(13-16-5-3-4-10-26-16)20-8-6-15(24)11-19(20)25/h3-12H,13H2,1-2H3. The fourth-order valence-electron chi connectivity index (χ4n) is 3.27. The van der Waals surface area contributed by atoms with E-state index in [2.05, 4.69) is 4.98 Å². The van der Waals surface area contributed by atoms with Crippen LogP contribution in [0.2, 0.25) is 0 Å². The molecule has 0 aliphatic heterocycles. The zero-order chi connectivity index (χ0) is 21.3. The predicted octanol–water partition coefficient (Wildman–Crippen LogP) is 5.27. The number of rotatable bonds is 5. The van der Waals surface area contributed by atoms with E-state index in [1.165, 1.54) is 11.0 Å². The van der Waals surface area contributed by atoms with Gasteiger partial charge < -0.3 is 9.15 Å². The van der Waals surface area contributed by atoms with Crippen LogP contribution < -0.4 is 9.64 Å². The Labute approximate surface area is 171 Å². The molecule has 2 heterocycles. The minimum Gasteiger partial charge on any atom is -0.497 e. The number of benzene rings is 2. The molecule has 1 amide bonds. The summed E-state index contributed by atoms with van der Waals surface area (Å²) >= 11 is 0. The highest BCUT2D eigenvalue weighted by atomic mass is 19.1. The number of methoxy groups -OCH3 is 1. The minimum absolute atomic E-state index is 0.0119. The molecule has 0 radical (unpaired) electrons.